The van der Waals surface area contributed by atoms with Crippen LogP contribution in [0.5, 0.6) is 0 Å². The normalized spacial score (nSPS) is 35.4. The van der Waals surface area contributed by atoms with Crippen molar-refractivity contribution in [2.24, 2.45) is 5.41 Å². The first-order valence-electron chi connectivity index (χ1n) is 6.72. The van der Waals surface area contributed by atoms with Gasteiger partial charge in [0.2, 0.25) is 0 Å². The molecule has 18 heavy (non-hydrogen) atoms. The third-order valence-corrected chi connectivity index (χ3v) is 5.29. The lowest BCUT2D eigenvalue weighted by atomic mass is 9.55. The number of halogens is 1. The Labute approximate surface area is 117 Å². The summed E-state index contributed by atoms with van der Waals surface area (Å²) in [5.74, 6) is 0.644. The predicted molar refractivity (Wildman–Crippen MR) is 76.8 cm³/mol. The molecule has 3 heteroatoms. The summed E-state index contributed by atoms with van der Waals surface area (Å²) < 4.78 is 6.65. The topological polar surface area (TPSA) is 21.3 Å². The third kappa shape index (κ3) is 2.13. The van der Waals surface area contributed by atoms with Crippen molar-refractivity contribution in [2.45, 2.75) is 31.3 Å². The quantitative estimate of drug-likeness (QED) is 0.905. The van der Waals surface area contributed by atoms with Crippen LogP contribution in [0.4, 0.5) is 0 Å². The molecule has 1 saturated carbocycles. The lowest BCUT2D eigenvalue weighted by Gasteiger charge is -2.54. The molecule has 1 spiro atoms. The summed E-state index contributed by atoms with van der Waals surface area (Å²) >= 11 is 3.51. The number of ether oxygens (including phenoxy) is 1. The van der Waals surface area contributed by atoms with E-state index in [-0.39, 0.29) is 0 Å². The molecule has 1 heterocycles. The molecule has 98 valence electrons. The summed E-state index contributed by atoms with van der Waals surface area (Å²) in [5.41, 5.74) is 1.96. The number of hydrogen-bond acceptors (Lipinski definition) is 2. The lowest BCUT2D eigenvalue weighted by Crippen LogP contribution is -2.53. The van der Waals surface area contributed by atoms with Crippen LogP contribution >= 0.6 is 15.9 Å². The van der Waals surface area contributed by atoms with Gasteiger partial charge in [-0.25, -0.2) is 0 Å². The molecule has 0 amide bonds. The van der Waals surface area contributed by atoms with Gasteiger partial charge in [0.05, 0.1) is 6.10 Å². The highest BCUT2D eigenvalue weighted by atomic mass is 79.9. The van der Waals surface area contributed by atoms with Crippen LogP contribution in [0.25, 0.3) is 0 Å². The smallest absolute Gasteiger partial charge is 0.0582 e. The summed E-state index contributed by atoms with van der Waals surface area (Å²) in [6.07, 6.45) is 4.23. The molecular weight excluding hydrogens is 290 g/mol. The van der Waals surface area contributed by atoms with Crippen molar-refractivity contribution in [3.63, 3.8) is 0 Å². The zero-order valence-corrected chi connectivity index (χ0v) is 12.4. The van der Waals surface area contributed by atoms with Gasteiger partial charge >= 0.3 is 0 Å². The Morgan fingerprint density at radius 1 is 1.28 bits per heavy atom. The van der Waals surface area contributed by atoms with E-state index >= 15 is 0 Å². The van der Waals surface area contributed by atoms with Gasteiger partial charge in [0.1, 0.15) is 0 Å². The molecular formula is C15H20BrNO. The SMILES string of the molecule is COC1CC2(CCNCC2c2ccc(Br)cc2)C1. The maximum absolute atomic E-state index is 5.49. The molecule has 1 aliphatic heterocycles. The van der Waals surface area contributed by atoms with Gasteiger partial charge in [-0.1, -0.05) is 28.1 Å². The Bertz CT molecular complexity index is 411. The van der Waals surface area contributed by atoms with E-state index in [0.717, 1.165) is 17.6 Å². The van der Waals surface area contributed by atoms with E-state index in [9.17, 15) is 0 Å². The lowest BCUT2D eigenvalue weighted by molar-refractivity contribution is -0.0851. The van der Waals surface area contributed by atoms with Gasteiger partial charge in [-0.05, 0) is 48.9 Å². The molecule has 1 aromatic rings. The van der Waals surface area contributed by atoms with Crippen LogP contribution in [0.15, 0.2) is 28.7 Å². The van der Waals surface area contributed by atoms with Gasteiger partial charge in [-0.3, -0.25) is 0 Å². The largest absolute Gasteiger partial charge is 0.381 e. The third-order valence-electron chi connectivity index (χ3n) is 4.76. The molecule has 1 N–H and O–H groups in total. The Balaban J connectivity index is 1.82. The highest BCUT2D eigenvalue weighted by molar-refractivity contribution is 9.10. The van der Waals surface area contributed by atoms with Gasteiger partial charge < -0.3 is 10.1 Å². The Hall–Kier alpha value is -0.380. The number of nitrogens with one attached hydrogen (secondary N) is 1. The number of benzene rings is 1. The second kappa shape index (κ2) is 4.95. The van der Waals surface area contributed by atoms with Crippen molar-refractivity contribution < 1.29 is 4.74 Å². The van der Waals surface area contributed by atoms with Gasteiger partial charge in [0, 0.05) is 24.0 Å². The summed E-state index contributed by atoms with van der Waals surface area (Å²) in [6.45, 7) is 2.27. The minimum Gasteiger partial charge on any atom is -0.381 e. The molecule has 1 atom stereocenters. The zero-order valence-electron chi connectivity index (χ0n) is 10.8. The molecule has 2 nitrogen and oxygen atoms in total. The molecule has 0 radical (unpaired) electrons. The summed E-state index contributed by atoms with van der Waals surface area (Å²) in [4.78, 5) is 0. The standard InChI is InChI=1S/C15H20BrNO/c1-18-13-8-15(9-13)6-7-17-10-14(15)11-2-4-12(16)5-3-11/h2-5,13-14,17H,6-10H2,1H3. The van der Waals surface area contributed by atoms with Gasteiger partial charge in [-0.15, -0.1) is 0 Å². The van der Waals surface area contributed by atoms with E-state index in [0.29, 0.717) is 17.4 Å². The van der Waals surface area contributed by atoms with E-state index < -0.39 is 0 Å². The van der Waals surface area contributed by atoms with Crippen LogP contribution < -0.4 is 5.32 Å². The van der Waals surface area contributed by atoms with Crippen molar-refractivity contribution >= 4 is 15.9 Å². The molecule has 0 aromatic heterocycles. The van der Waals surface area contributed by atoms with E-state index in [1.165, 1.54) is 24.8 Å². The first kappa shape index (κ1) is 12.6. The molecule has 3 rings (SSSR count). The molecule has 2 fully saturated rings. The monoisotopic (exact) mass is 309 g/mol. The first-order valence-corrected chi connectivity index (χ1v) is 7.52. The van der Waals surface area contributed by atoms with E-state index in [4.69, 9.17) is 4.74 Å². The van der Waals surface area contributed by atoms with Gasteiger partial charge in [0.15, 0.2) is 0 Å². The number of rotatable bonds is 2. The molecule has 2 aliphatic rings. The Kier molecular flexibility index (Phi) is 3.48. The van der Waals surface area contributed by atoms with E-state index in [1.54, 1.807) is 0 Å². The van der Waals surface area contributed by atoms with Crippen molar-refractivity contribution in [3.05, 3.63) is 34.3 Å². The number of hydrogen-bond donors (Lipinski definition) is 1. The fourth-order valence-electron chi connectivity index (χ4n) is 3.64. The number of piperidine rings is 1. The second-order valence-corrected chi connectivity index (χ2v) is 6.60. The highest BCUT2D eigenvalue weighted by Gasteiger charge is 2.50. The molecule has 1 saturated heterocycles. The number of methoxy groups -OCH3 is 1. The van der Waals surface area contributed by atoms with Crippen LogP contribution in [0.2, 0.25) is 0 Å². The summed E-state index contributed by atoms with van der Waals surface area (Å²) in [6, 6.07) is 8.85. The maximum atomic E-state index is 5.49. The van der Waals surface area contributed by atoms with Gasteiger partial charge in [-0.2, -0.15) is 0 Å². The highest BCUT2D eigenvalue weighted by Crippen LogP contribution is 2.55. The van der Waals surface area contributed by atoms with Crippen LogP contribution in [-0.2, 0) is 4.74 Å². The van der Waals surface area contributed by atoms with Gasteiger partial charge in [0.25, 0.3) is 0 Å². The summed E-state index contributed by atoms with van der Waals surface area (Å²) in [7, 11) is 1.84. The predicted octanol–water partition coefficient (Wildman–Crippen LogP) is 3.32. The fourth-order valence-corrected chi connectivity index (χ4v) is 3.91. The molecule has 1 aromatic carbocycles. The zero-order chi connectivity index (χ0) is 12.6. The minimum absolute atomic E-state index is 0.486. The van der Waals surface area contributed by atoms with E-state index in [1.807, 2.05) is 7.11 Å². The fraction of sp³-hybridized carbons (Fsp3) is 0.600. The average Bonchev–Trinajstić information content (AvgIpc) is 2.37. The van der Waals surface area contributed by atoms with Crippen LogP contribution in [0, 0.1) is 5.41 Å². The first-order chi connectivity index (χ1) is 8.73. The van der Waals surface area contributed by atoms with Crippen molar-refractivity contribution in [1.82, 2.24) is 5.32 Å². The minimum atomic E-state index is 0.486. The second-order valence-electron chi connectivity index (χ2n) is 5.69. The van der Waals surface area contributed by atoms with E-state index in [2.05, 4.69) is 45.5 Å². The Morgan fingerprint density at radius 2 is 2.00 bits per heavy atom. The van der Waals surface area contributed by atoms with Crippen molar-refractivity contribution in [3.8, 4) is 0 Å². The molecule has 1 aliphatic carbocycles. The molecule has 1 unspecified atom stereocenters. The van der Waals surface area contributed by atoms with Crippen LogP contribution in [0.3, 0.4) is 0 Å². The van der Waals surface area contributed by atoms with Crippen molar-refractivity contribution in [2.75, 3.05) is 20.2 Å². The summed E-state index contributed by atoms with van der Waals surface area (Å²) in [5, 5.41) is 3.55. The average molecular weight is 310 g/mol. The van der Waals surface area contributed by atoms with Crippen LogP contribution in [0.1, 0.15) is 30.7 Å². The molecule has 0 bridgehead atoms. The van der Waals surface area contributed by atoms with Crippen LogP contribution in [-0.4, -0.2) is 26.3 Å². The maximum Gasteiger partial charge on any atom is 0.0582 e. The Morgan fingerprint density at radius 3 is 2.67 bits per heavy atom. The van der Waals surface area contributed by atoms with Crippen molar-refractivity contribution in [1.29, 1.82) is 0 Å².